The fourth-order valence-electron chi connectivity index (χ4n) is 2.89. The Labute approximate surface area is 160 Å². The topological polar surface area (TPSA) is 77.8 Å². The minimum atomic E-state index is -1.05. The second kappa shape index (κ2) is 9.08. The number of aromatic carboxylic acids is 1. The number of carboxylic acid groups (broad SMARTS) is 1. The number of aromatic hydroxyl groups is 2. The molecule has 4 nitrogen and oxygen atoms in total. The quantitative estimate of drug-likeness (QED) is 0.549. The fourth-order valence-corrected chi connectivity index (χ4v) is 2.89. The molecule has 0 aromatic heterocycles. The summed E-state index contributed by atoms with van der Waals surface area (Å²) in [5.41, 5.74) is 3.96. The van der Waals surface area contributed by atoms with E-state index >= 15 is 0 Å². The number of phenols is 2. The van der Waals surface area contributed by atoms with Crippen LogP contribution in [0.2, 0.25) is 0 Å². The van der Waals surface area contributed by atoms with Crippen molar-refractivity contribution in [1.29, 1.82) is 0 Å². The molecule has 2 aromatic rings. The van der Waals surface area contributed by atoms with Crippen LogP contribution in [0.1, 0.15) is 49.5 Å². The summed E-state index contributed by atoms with van der Waals surface area (Å²) in [4.78, 5) is 11.4. The number of carboxylic acids is 1. The zero-order valence-corrected chi connectivity index (χ0v) is 16.0. The molecule has 142 valence electrons. The molecule has 0 bridgehead atoms. The lowest BCUT2D eigenvalue weighted by Crippen LogP contribution is -1.99. The van der Waals surface area contributed by atoms with E-state index in [0.717, 1.165) is 12.8 Å². The highest BCUT2D eigenvalue weighted by atomic mass is 16.4. The average molecular weight is 366 g/mol. The number of benzene rings is 2. The van der Waals surface area contributed by atoms with E-state index in [0.29, 0.717) is 23.1 Å². The number of phenolic OH excluding ortho intramolecular Hbond substituents is 2. The third-order valence-electron chi connectivity index (χ3n) is 4.42. The standard InChI is InChI=1S/C23H26O4/c1-15(2)7-6-8-16(3)11-12-20-21(24)13-17(14-22(20)25)18-9-4-5-10-19(18)23(26)27/h4-5,7,9-11,13-14,24-25H,6,8,12H2,1-3H3,(H,26,27)/b16-11+. The molecule has 0 aliphatic heterocycles. The largest absolute Gasteiger partial charge is 0.507 e. The summed E-state index contributed by atoms with van der Waals surface area (Å²) in [5.74, 6) is -1.14. The third-order valence-corrected chi connectivity index (χ3v) is 4.42. The smallest absolute Gasteiger partial charge is 0.336 e. The Morgan fingerprint density at radius 1 is 1.00 bits per heavy atom. The van der Waals surface area contributed by atoms with Crippen LogP contribution in [0.4, 0.5) is 0 Å². The van der Waals surface area contributed by atoms with Gasteiger partial charge in [-0.25, -0.2) is 4.79 Å². The number of rotatable bonds is 7. The van der Waals surface area contributed by atoms with Gasteiger partial charge in [-0.1, -0.05) is 41.5 Å². The summed E-state index contributed by atoms with van der Waals surface area (Å²) in [6.45, 7) is 6.17. The Morgan fingerprint density at radius 3 is 2.22 bits per heavy atom. The Kier molecular flexibility index (Phi) is 6.83. The summed E-state index contributed by atoms with van der Waals surface area (Å²) in [5, 5.41) is 30.1. The highest BCUT2D eigenvalue weighted by Crippen LogP contribution is 2.35. The van der Waals surface area contributed by atoms with Crippen LogP contribution >= 0.6 is 0 Å². The van der Waals surface area contributed by atoms with Crippen LogP contribution in [0.5, 0.6) is 11.5 Å². The van der Waals surface area contributed by atoms with Gasteiger partial charge in [-0.05, 0) is 69.4 Å². The lowest BCUT2D eigenvalue weighted by Gasteiger charge is -2.11. The minimum Gasteiger partial charge on any atom is -0.507 e. The maximum absolute atomic E-state index is 11.4. The van der Waals surface area contributed by atoms with E-state index in [4.69, 9.17) is 0 Å². The van der Waals surface area contributed by atoms with Crippen molar-refractivity contribution in [3.63, 3.8) is 0 Å². The predicted octanol–water partition coefficient (Wildman–Crippen LogP) is 5.70. The molecule has 0 saturated heterocycles. The summed E-state index contributed by atoms with van der Waals surface area (Å²) >= 11 is 0. The van der Waals surface area contributed by atoms with Crippen molar-refractivity contribution in [1.82, 2.24) is 0 Å². The molecular formula is C23H26O4. The van der Waals surface area contributed by atoms with Crippen LogP contribution < -0.4 is 0 Å². The Hall–Kier alpha value is -3.01. The van der Waals surface area contributed by atoms with Gasteiger partial charge in [0.1, 0.15) is 11.5 Å². The van der Waals surface area contributed by atoms with E-state index in [9.17, 15) is 20.1 Å². The molecule has 2 rings (SSSR count). The van der Waals surface area contributed by atoms with Gasteiger partial charge < -0.3 is 15.3 Å². The summed E-state index contributed by atoms with van der Waals surface area (Å²) in [6, 6.07) is 9.53. The van der Waals surface area contributed by atoms with E-state index in [-0.39, 0.29) is 17.1 Å². The van der Waals surface area contributed by atoms with Gasteiger partial charge in [0, 0.05) is 5.56 Å². The lowest BCUT2D eigenvalue weighted by molar-refractivity contribution is 0.0697. The fraction of sp³-hybridized carbons (Fsp3) is 0.261. The van der Waals surface area contributed by atoms with Crippen molar-refractivity contribution in [2.45, 2.75) is 40.0 Å². The van der Waals surface area contributed by atoms with E-state index in [1.165, 1.54) is 29.3 Å². The molecule has 0 heterocycles. The van der Waals surface area contributed by atoms with E-state index in [1.54, 1.807) is 18.2 Å². The monoisotopic (exact) mass is 366 g/mol. The molecule has 4 heteroatoms. The maximum atomic E-state index is 11.4. The van der Waals surface area contributed by atoms with Gasteiger partial charge in [0.05, 0.1) is 5.56 Å². The molecule has 3 N–H and O–H groups in total. The van der Waals surface area contributed by atoms with Crippen molar-refractivity contribution in [2.75, 3.05) is 0 Å². The van der Waals surface area contributed by atoms with Gasteiger partial charge in [0.2, 0.25) is 0 Å². The molecule has 0 radical (unpaired) electrons. The molecule has 0 spiro atoms. The molecule has 0 unspecified atom stereocenters. The summed E-state index contributed by atoms with van der Waals surface area (Å²) in [6.07, 6.45) is 6.49. The summed E-state index contributed by atoms with van der Waals surface area (Å²) < 4.78 is 0. The number of hydrogen-bond acceptors (Lipinski definition) is 3. The van der Waals surface area contributed by atoms with Crippen molar-refractivity contribution >= 4 is 5.97 Å². The van der Waals surface area contributed by atoms with Gasteiger partial charge in [-0.15, -0.1) is 0 Å². The Balaban J connectivity index is 2.25. The second-order valence-electron chi connectivity index (χ2n) is 6.92. The Morgan fingerprint density at radius 2 is 1.63 bits per heavy atom. The number of allylic oxidation sites excluding steroid dienone is 4. The van der Waals surface area contributed by atoms with Gasteiger partial charge in [0.15, 0.2) is 0 Å². The molecular weight excluding hydrogens is 340 g/mol. The summed E-state index contributed by atoms with van der Waals surface area (Å²) in [7, 11) is 0. The molecule has 0 fully saturated rings. The molecule has 0 aliphatic rings. The van der Waals surface area contributed by atoms with Crippen molar-refractivity contribution < 1.29 is 20.1 Å². The molecule has 0 amide bonds. The lowest BCUT2D eigenvalue weighted by atomic mass is 9.96. The van der Waals surface area contributed by atoms with Crippen LogP contribution in [0.15, 0.2) is 59.7 Å². The first-order chi connectivity index (χ1) is 12.8. The first-order valence-electron chi connectivity index (χ1n) is 8.96. The van der Waals surface area contributed by atoms with Crippen LogP contribution in [0.25, 0.3) is 11.1 Å². The van der Waals surface area contributed by atoms with Crippen LogP contribution in [-0.2, 0) is 6.42 Å². The van der Waals surface area contributed by atoms with E-state index in [2.05, 4.69) is 19.9 Å². The highest BCUT2D eigenvalue weighted by Gasteiger charge is 2.15. The molecule has 0 aliphatic carbocycles. The third kappa shape index (κ3) is 5.48. The molecule has 0 saturated carbocycles. The minimum absolute atomic E-state index is 0.0430. The first kappa shape index (κ1) is 20.3. The van der Waals surface area contributed by atoms with Crippen molar-refractivity contribution in [3.8, 4) is 22.6 Å². The molecule has 2 aromatic carbocycles. The van der Waals surface area contributed by atoms with Gasteiger partial charge >= 0.3 is 5.97 Å². The van der Waals surface area contributed by atoms with Crippen molar-refractivity contribution in [2.24, 2.45) is 0 Å². The maximum Gasteiger partial charge on any atom is 0.336 e. The predicted molar refractivity (Wildman–Crippen MR) is 108 cm³/mol. The van der Waals surface area contributed by atoms with Crippen LogP contribution in [0, 0.1) is 0 Å². The molecule has 0 atom stereocenters. The van der Waals surface area contributed by atoms with Gasteiger partial charge in [0.25, 0.3) is 0 Å². The average Bonchev–Trinajstić information content (AvgIpc) is 2.60. The Bertz CT molecular complexity index is 864. The van der Waals surface area contributed by atoms with Gasteiger partial charge in [-0.3, -0.25) is 0 Å². The van der Waals surface area contributed by atoms with Crippen molar-refractivity contribution in [3.05, 3.63) is 70.8 Å². The zero-order chi connectivity index (χ0) is 20.0. The zero-order valence-electron chi connectivity index (χ0n) is 16.0. The van der Waals surface area contributed by atoms with Crippen LogP contribution in [-0.4, -0.2) is 21.3 Å². The first-order valence-corrected chi connectivity index (χ1v) is 8.96. The van der Waals surface area contributed by atoms with E-state index in [1.807, 2.05) is 13.0 Å². The number of hydrogen-bond donors (Lipinski definition) is 3. The number of carbonyl (C=O) groups is 1. The van der Waals surface area contributed by atoms with Crippen LogP contribution in [0.3, 0.4) is 0 Å². The van der Waals surface area contributed by atoms with E-state index < -0.39 is 5.97 Å². The highest BCUT2D eigenvalue weighted by molar-refractivity contribution is 5.96. The second-order valence-corrected chi connectivity index (χ2v) is 6.92. The SMILES string of the molecule is CC(C)=CCC/C(C)=C/Cc1c(O)cc(-c2ccccc2C(=O)O)cc1O. The van der Waals surface area contributed by atoms with Gasteiger partial charge in [-0.2, -0.15) is 0 Å². The molecule has 27 heavy (non-hydrogen) atoms. The normalized spacial score (nSPS) is 11.3.